The van der Waals surface area contributed by atoms with E-state index in [1.165, 1.54) is 0 Å². The standard InChI is InChI=1S/C16H20N2O2/c1-13-9-15(10-17-7-8-19)18-11-16(13)20-12-14-5-3-2-4-6-14/h2-6,9,11,17,19H,7-8,10,12H2,1H3. The first kappa shape index (κ1) is 14.5. The molecule has 106 valence electrons. The Morgan fingerprint density at radius 1 is 1.25 bits per heavy atom. The van der Waals surface area contributed by atoms with Gasteiger partial charge >= 0.3 is 0 Å². The highest BCUT2D eigenvalue weighted by molar-refractivity contribution is 5.31. The Kier molecular flexibility index (Phi) is 5.53. The molecular weight excluding hydrogens is 252 g/mol. The van der Waals surface area contributed by atoms with Crippen LogP contribution in [0.4, 0.5) is 0 Å². The van der Waals surface area contributed by atoms with Crippen LogP contribution < -0.4 is 10.1 Å². The zero-order valence-electron chi connectivity index (χ0n) is 11.7. The van der Waals surface area contributed by atoms with E-state index in [1.807, 2.05) is 43.3 Å². The molecule has 0 amide bonds. The Bertz CT molecular complexity index is 529. The van der Waals surface area contributed by atoms with E-state index in [4.69, 9.17) is 9.84 Å². The highest BCUT2D eigenvalue weighted by atomic mass is 16.5. The molecule has 0 radical (unpaired) electrons. The van der Waals surface area contributed by atoms with Gasteiger partial charge < -0.3 is 15.2 Å². The predicted molar refractivity (Wildman–Crippen MR) is 78.5 cm³/mol. The van der Waals surface area contributed by atoms with Crippen LogP contribution in [0.2, 0.25) is 0 Å². The molecule has 0 saturated carbocycles. The molecule has 2 rings (SSSR count). The van der Waals surface area contributed by atoms with Crippen molar-refractivity contribution in [2.45, 2.75) is 20.1 Å². The van der Waals surface area contributed by atoms with E-state index in [-0.39, 0.29) is 6.61 Å². The van der Waals surface area contributed by atoms with Gasteiger partial charge in [0.25, 0.3) is 0 Å². The zero-order chi connectivity index (χ0) is 14.2. The minimum absolute atomic E-state index is 0.136. The minimum Gasteiger partial charge on any atom is -0.487 e. The first-order valence-corrected chi connectivity index (χ1v) is 6.73. The van der Waals surface area contributed by atoms with Gasteiger partial charge in [-0.3, -0.25) is 4.98 Å². The van der Waals surface area contributed by atoms with E-state index in [9.17, 15) is 0 Å². The molecule has 2 aromatic rings. The molecule has 1 aromatic carbocycles. The van der Waals surface area contributed by atoms with Crippen molar-refractivity contribution in [2.24, 2.45) is 0 Å². The summed E-state index contributed by atoms with van der Waals surface area (Å²) in [7, 11) is 0. The van der Waals surface area contributed by atoms with Gasteiger partial charge in [0.1, 0.15) is 12.4 Å². The van der Waals surface area contributed by atoms with E-state index in [1.54, 1.807) is 6.20 Å². The quantitative estimate of drug-likeness (QED) is 0.757. The molecule has 0 aliphatic carbocycles. The van der Waals surface area contributed by atoms with Crippen LogP contribution in [0.3, 0.4) is 0 Å². The first-order chi connectivity index (χ1) is 9.79. The van der Waals surface area contributed by atoms with Crippen molar-refractivity contribution in [3.05, 3.63) is 59.4 Å². The average molecular weight is 272 g/mol. The Hall–Kier alpha value is -1.91. The molecule has 4 heteroatoms. The summed E-state index contributed by atoms with van der Waals surface area (Å²) in [6, 6.07) is 12.1. The number of aliphatic hydroxyl groups is 1. The number of nitrogens with one attached hydrogen (secondary N) is 1. The monoisotopic (exact) mass is 272 g/mol. The molecule has 0 atom stereocenters. The van der Waals surface area contributed by atoms with E-state index in [0.717, 1.165) is 22.6 Å². The molecule has 0 fully saturated rings. The van der Waals surface area contributed by atoms with Crippen molar-refractivity contribution in [1.29, 1.82) is 0 Å². The third-order valence-electron chi connectivity index (χ3n) is 2.95. The summed E-state index contributed by atoms with van der Waals surface area (Å²) >= 11 is 0. The van der Waals surface area contributed by atoms with Crippen LogP contribution in [0.25, 0.3) is 0 Å². The maximum atomic E-state index is 8.72. The number of ether oxygens (including phenoxy) is 1. The fraction of sp³-hybridized carbons (Fsp3) is 0.312. The van der Waals surface area contributed by atoms with E-state index >= 15 is 0 Å². The third kappa shape index (κ3) is 4.33. The second-order valence-corrected chi connectivity index (χ2v) is 4.62. The third-order valence-corrected chi connectivity index (χ3v) is 2.95. The number of nitrogens with zero attached hydrogens (tertiary/aromatic N) is 1. The summed E-state index contributed by atoms with van der Waals surface area (Å²) in [6.07, 6.45) is 1.76. The van der Waals surface area contributed by atoms with Crippen molar-refractivity contribution in [3.63, 3.8) is 0 Å². The lowest BCUT2D eigenvalue weighted by Gasteiger charge is -2.10. The van der Waals surface area contributed by atoms with Gasteiger partial charge in [-0.1, -0.05) is 30.3 Å². The lowest BCUT2D eigenvalue weighted by atomic mass is 10.2. The SMILES string of the molecule is Cc1cc(CNCCO)ncc1OCc1ccccc1. The van der Waals surface area contributed by atoms with E-state index in [2.05, 4.69) is 10.3 Å². The summed E-state index contributed by atoms with van der Waals surface area (Å²) in [5.74, 6) is 0.805. The topological polar surface area (TPSA) is 54.4 Å². The first-order valence-electron chi connectivity index (χ1n) is 6.73. The second kappa shape index (κ2) is 7.62. The highest BCUT2D eigenvalue weighted by Crippen LogP contribution is 2.18. The van der Waals surface area contributed by atoms with E-state index in [0.29, 0.717) is 19.7 Å². The lowest BCUT2D eigenvalue weighted by Crippen LogP contribution is -2.18. The molecule has 0 spiro atoms. The van der Waals surface area contributed by atoms with Crippen LogP contribution in [-0.4, -0.2) is 23.2 Å². The van der Waals surface area contributed by atoms with Gasteiger partial charge in [0.2, 0.25) is 0 Å². The lowest BCUT2D eigenvalue weighted by molar-refractivity contribution is 0.291. The summed E-state index contributed by atoms with van der Waals surface area (Å²) in [5, 5.41) is 11.8. The van der Waals surface area contributed by atoms with Gasteiger partial charge in [-0.15, -0.1) is 0 Å². The largest absolute Gasteiger partial charge is 0.487 e. The van der Waals surface area contributed by atoms with Gasteiger partial charge in [-0.2, -0.15) is 0 Å². The fourth-order valence-electron chi connectivity index (χ4n) is 1.88. The van der Waals surface area contributed by atoms with Crippen LogP contribution in [0.5, 0.6) is 5.75 Å². The van der Waals surface area contributed by atoms with Crippen molar-refractivity contribution in [3.8, 4) is 5.75 Å². The number of aliphatic hydroxyl groups excluding tert-OH is 1. The number of pyridine rings is 1. The Morgan fingerprint density at radius 3 is 2.75 bits per heavy atom. The second-order valence-electron chi connectivity index (χ2n) is 4.62. The predicted octanol–water partition coefficient (Wildman–Crippen LogP) is 2.05. The summed E-state index contributed by atoms with van der Waals surface area (Å²) < 4.78 is 5.78. The van der Waals surface area contributed by atoms with Crippen LogP contribution >= 0.6 is 0 Å². The molecule has 4 nitrogen and oxygen atoms in total. The van der Waals surface area contributed by atoms with Crippen LogP contribution in [0.15, 0.2) is 42.6 Å². The maximum Gasteiger partial charge on any atom is 0.141 e. The molecular formula is C16H20N2O2. The van der Waals surface area contributed by atoms with Crippen LogP contribution in [0, 0.1) is 6.92 Å². The summed E-state index contributed by atoms with van der Waals surface area (Å²) in [6.45, 7) is 3.92. The highest BCUT2D eigenvalue weighted by Gasteiger charge is 2.03. The molecule has 1 heterocycles. The van der Waals surface area contributed by atoms with Gasteiger partial charge in [0, 0.05) is 13.1 Å². The van der Waals surface area contributed by atoms with Gasteiger partial charge in [-0.05, 0) is 24.1 Å². The van der Waals surface area contributed by atoms with Crippen molar-refractivity contribution in [2.75, 3.05) is 13.2 Å². The van der Waals surface area contributed by atoms with Crippen LogP contribution in [-0.2, 0) is 13.2 Å². The molecule has 0 aliphatic heterocycles. The van der Waals surface area contributed by atoms with Crippen LogP contribution in [0.1, 0.15) is 16.8 Å². The number of rotatable bonds is 7. The van der Waals surface area contributed by atoms with Crippen molar-refractivity contribution >= 4 is 0 Å². The normalized spacial score (nSPS) is 10.5. The number of aryl methyl sites for hydroxylation is 1. The molecule has 20 heavy (non-hydrogen) atoms. The maximum absolute atomic E-state index is 8.72. The Balaban J connectivity index is 1.92. The minimum atomic E-state index is 0.136. The molecule has 0 aliphatic rings. The van der Waals surface area contributed by atoms with Gasteiger partial charge in [0.05, 0.1) is 18.5 Å². The molecule has 0 saturated heterocycles. The Morgan fingerprint density at radius 2 is 2.05 bits per heavy atom. The molecule has 0 bridgehead atoms. The Labute approximate surface area is 119 Å². The number of hydrogen-bond donors (Lipinski definition) is 2. The average Bonchev–Trinajstić information content (AvgIpc) is 2.48. The van der Waals surface area contributed by atoms with E-state index < -0.39 is 0 Å². The smallest absolute Gasteiger partial charge is 0.141 e. The zero-order valence-corrected chi connectivity index (χ0v) is 11.7. The summed E-state index contributed by atoms with van der Waals surface area (Å²) in [5.41, 5.74) is 3.15. The summed E-state index contributed by atoms with van der Waals surface area (Å²) in [4.78, 5) is 4.35. The molecule has 0 unspecified atom stereocenters. The molecule has 1 aromatic heterocycles. The van der Waals surface area contributed by atoms with Gasteiger partial charge in [0.15, 0.2) is 0 Å². The number of hydrogen-bond acceptors (Lipinski definition) is 4. The van der Waals surface area contributed by atoms with Gasteiger partial charge in [-0.25, -0.2) is 0 Å². The number of benzene rings is 1. The van der Waals surface area contributed by atoms with Crippen molar-refractivity contribution in [1.82, 2.24) is 10.3 Å². The molecule has 2 N–H and O–H groups in total. The number of aromatic nitrogens is 1. The fourth-order valence-corrected chi connectivity index (χ4v) is 1.88. The van der Waals surface area contributed by atoms with Crippen molar-refractivity contribution < 1.29 is 9.84 Å².